The first kappa shape index (κ1) is 17.6. The van der Waals surface area contributed by atoms with Crippen LogP contribution in [0.2, 0.25) is 0 Å². The minimum Gasteiger partial charge on any atom is -0.388 e. The second-order valence-corrected chi connectivity index (χ2v) is 8.30. The van der Waals surface area contributed by atoms with E-state index in [4.69, 9.17) is 5.10 Å². The van der Waals surface area contributed by atoms with Crippen molar-refractivity contribution in [1.29, 1.82) is 0 Å². The van der Waals surface area contributed by atoms with Gasteiger partial charge in [0.15, 0.2) is 0 Å². The van der Waals surface area contributed by atoms with Gasteiger partial charge in [-0.3, -0.25) is 0 Å². The molecule has 1 fully saturated rings. The summed E-state index contributed by atoms with van der Waals surface area (Å²) in [6.45, 7) is 2.85. The summed E-state index contributed by atoms with van der Waals surface area (Å²) in [5, 5.41) is 15.2. The van der Waals surface area contributed by atoms with Crippen molar-refractivity contribution in [2.75, 3.05) is 11.4 Å². The molecular formula is C22H23N7O. The van der Waals surface area contributed by atoms with E-state index in [1.54, 1.807) is 18.7 Å². The summed E-state index contributed by atoms with van der Waals surface area (Å²) in [6, 6.07) is 6.05. The fraction of sp³-hybridized carbons (Fsp3) is 0.364. The van der Waals surface area contributed by atoms with Crippen molar-refractivity contribution in [1.82, 2.24) is 29.5 Å². The number of aliphatic hydroxyl groups is 1. The lowest BCUT2D eigenvalue weighted by Crippen LogP contribution is -2.37. The Hall–Kier alpha value is -3.26. The summed E-state index contributed by atoms with van der Waals surface area (Å²) in [5.41, 5.74) is 6.06. The number of aliphatic hydroxyl groups excluding tert-OH is 1. The number of aromatic nitrogens is 6. The normalized spacial score (nSPS) is 19.8. The number of hydrogen-bond donors (Lipinski definition) is 2. The van der Waals surface area contributed by atoms with Gasteiger partial charge in [0.25, 0.3) is 0 Å². The number of anilines is 1. The Morgan fingerprint density at radius 1 is 1.20 bits per heavy atom. The molecule has 2 N–H and O–H groups in total. The molecule has 0 saturated heterocycles. The van der Waals surface area contributed by atoms with Crippen LogP contribution in [0, 0.1) is 12.8 Å². The number of rotatable bonds is 4. The molecule has 0 radical (unpaired) electrons. The number of imidazole rings is 1. The number of aromatic amines is 1. The van der Waals surface area contributed by atoms with E-state index in [-0.39, 0.29) is 6.04 Å². The summed E-state index contributed by atoms with van der Waals surface area (Å²) >= 11 is 0. The van der Waals surface area contributed by atoms with Crippen LogP contribution >= 0.6 is 0 Å². The predicted octanol–water partition coefficient (Wildman–Crippen LogP) is 2.75. The number of hydrogen-bond acceptors (Lipinski definition) is 6. The van der Waals surface area contributed by atoms with E-state index in [9.17, 15) is 5.11 Å². The number of fused-ring (bicyclic) bond motifs is 2. The lowest BCUT2D eigenvalue weighted by Gasteiger charge is -2.34. The zero-order valence-electron chi connectivity index (χ0n) is 16.7. The van der Waals surface area contributed by atoms with Crippen LogP contribution in [0.3, 0.4) is 0 Å². The minimum absolute atomic E-state index is 0.168. The minimum atomic E-state index is -0.462. The lowest BCUT2D eigenvalue weighted by atomic mass is 10.00. The third kappa shape index (κ3) is 2.79. The first-order valence-corrected chi connectivity index (χ1v) is 10.4. The van der Waals surface area contributed by atoms with E-state index in [0.29, 0.717) is 11.9 Å². The van der Waals surface area contributed by atoms with Gasteiger partial charge in [-0.25, -0.2) is 19.5 Å². The van der Waals surface area contributed by atoms with Gasteiger partial charge in [0.05, 0.1) is 29.3 Å². The molecule has 0 amide bonds. The number of pyridine rings is 1. The molecule has 8 heteroatoms. The van der Waals surface area contributed by atoms with Crippen molar-refractivity contribution in [3.8, 4) is 0 Å². The Morgan fingerprint density at radius 3 is 2.80 bits per heavy atom. The summed E-state index contributed by atoms with van der Waals surface area (Å²) in [4.78, 5) is 19.3. The molecule has 152 valence electrons. The molecule has 4 aromatic rings. The van der Waals surface area contributed by atoms with Crippen LogP contribution < -0.4 is 4.90 Å². The summed E-state index contributed by atoms with van der Waals surface area (Å²) in [5.74, 6) is 0.990. The maximum Gasteiger partial charge on any atom is 0.226 e. The van der Waals surface area contributed by atoms with E-state index in [1.807, 2.05) is 16.8 Å². The third-order valence-corrected chi connectivity index (χ3v) is 6.26. The Morgan fingerprint density at radius 2 is 2.03 bits per heavy atom. The predicted molar refractivity (Wildman–Crippen MR) is 111 cm³/mol. The number of nitrogens with zero attached hydrogens (tertiary/aromatic N) is 6. The number of H-pyrrole nitrogens is 1. The monoisotopic (exact) mass is 401 g/mol. The summed E-state index contributed by atoms with van der Waals surface area (Å²) in [6.07, 6.45) is 9.77. The molecule has 4 aromatic heterocycles. The average molecular weight is 401 g/mol. The second-order valence-electron chi connectivity index (χ2n) is 8.30. The highest BCUT2D eigenvalue weighted by Crippen LogP contribution is 2.41. The van der Waals surface area contributed by atoms with Crippen molar-refractivity contribution in [2.24, 2.45) is 5.92 Å². The molecule has 2 aliphatic rings. The highest BCUT2D eigenvalue weighted by molar-refractivity contribution is 5.57. The largest absolute Gasteiger partial charge is 0.388 e. The quantitative estimate of drug-likeness (QED) is 0.546. The molecule has 8 nitrogen and oxygen atoms in total. The van der Waals surface area contributed by atoms with Crippen molar-refractivity contribution in [3.63, 3.8) is 0 Å². The molecule has 1 saturated carbocycles. The zero-order valence-corrected chi connectivity index (χ0v) is 16.7. The van der Waals surface area contributed by atoms with Crippen LogP contribution in [-0.2, 0) is 6.42 Å². The van der Waals surface area contributed by atoms with Gasteiger partial charge in [-0.05, 0) is 43.4 Å². The molecule has 6 rings (SSSR count). The average Bonchev–Trinajstić information content (AvgIpc) is 3.34. The fourth-order valence-corrected chi connectivity index (χ4v) is 4.42. The molecule has 1 aliphatic heterocycles. The highest BCUT2D eigenvalue weighted by atomic mass is 16.3. The maximum absolute atomic E-state index is 10.4. The number of nitrogens with one attached hydrogen (secondary N) is 1. The van der Waals surface area contributed by atoms with E-state index < -0.39 is 6.10 Å². The zero-order chi connectivity index (χ0) is 20.2. The van der Waals surface area contributed by atoms with Crippen molar-refractivity contribution in [2.45, 2.75) is 38.3 Å². The van der Waals surface area contributed by atoms with Gasteiger partial charge < -0.3 is 15.0 Å². The van der Waals surface area contributed by atoms with E-state index in [2.05, 4.69) is 43.9 Å². The Balaban J connectivity index is 1.42. The van der Waals surface area contributed by atoms with Crippen molar-refractivity contribution < 1.29 is 5.11 Å². The molecule has 0 aromatic carbocycles. The molecule has 30 heavy (non-hydrogen) atoms. The maximum atomic E-state index is 10.4. The van der Waals surface area contributed by atoms with Gasteiger partial charge in [-0.1, -0.05) is 6.07 Å². The lowest BCUT2D eigenvalue weighted by molar-refractivity contribution is 0.153. The van der Waals surface area contributed by atoms with Crippen LogP contribution in [0.4, 0.5) is 5.95 Å². The Bertz CT molecular complexity index is 1210. The molecular weight excluding hydrogens is 378 g/mol. The highest BCUT2D eigenvalue weighted by Gasteiger charge is 2.35. The van der Waals surface area contributed by atoms with Crippen LogP contribution in [0.1, 0.15) is 53.2 Å². The van der Waals surface area contributed by atoms with Crippen LogP contribution in [0.15, 0.2) is 43.1 Å². The van der Waals surface area contributed by atoms with E-state index >= 15 is 0 Å². The van der Waals surface area contributed by atoms with Crippen molar-refractivity contribution in [3.05, 3.63) is 71.3 Å². The number of aryl methyl sites for hydroxylation is 1. The fourth-order valence-electron chi connectivity index (χ4n) is 4.42. The molecule has 1 unspecified atom stereocenters. The van der Waals surface area contributed by atoms with E-state index in [0.717, 1.165) is 54.0 Å². The SMILES string of the molecule is Cc1cccn2nc([C@H]3c4nc[nH]c4CCN3c3ncc(C(O)C4CC4)cn3)cc12. The second kappa shape index (κ2) is 6.63. The molecule has 0 spiro atoms. The molecule has 1 aliphatic carbocycles. The Kier molecular flexibility index (Phi) is 3.89. The van der Waals surface area contributed by atoms with Gasteiger partial charge in [-0.15, -0.1) is 0 Å². The van der Waals surface area contributed by atoms with Crippen LogP contribution in [0.25, 0.3) is 5.52 Å². The van der Waals surface area contributed by atoms with Crippen LogP contribution in [-0.4, -0.2) is 41.2 Å². The van der Waals surface area contributed by atoms with Crippen LogP contribution in [0.5, 0.6) is 0 Å². The standard InChI is InChI=1S/C22H23N7O/c1-13-3-2-7-29-18(13)9-17(27-29)20-19-16(25-12-26-19)6-8-28(20)22-23-10-15(11-24-22)21(30)14-4-5-14/h2-3,7,9-12,14,20-21,30H,4-6,8H2,1H3,(H,25,26)/t20-,21?/m0/s1. The van der Waals surface area contributed by atoms with Gasteiger partial charge in [0.1, 0.15) is 6.04 Å². The van der Waals surface area contributed by atoms with Gasteiger partial charge in [0.2, 0.25) is 5.95 Å². The molecule has 5 heterocycles. The first-order valence-electron chi connectivity index (χ1n) is 10.4. The van der Waals surface area contributed by atoms with Crippen molar-refractivity contribution >= 4 is 11.5 Å². The smallest absolute Gasteiger partial charge is 0.226 e. The van der Waals surface area contributed by atoms with Gasteiger partial charge in [-0.2, -0.15) is 5.10 Å². The van der Waals surface area contributed by atoms with Gasteiger partial charge in [0, 0.05) is 42.8 Å². The molecule has 2 atom stereocenters. The third-order valence-electron chi connectivity index (χ3n) is 6.26. The van der Waals surface area contributed by atoms with E-state index in [1.165, 1.54) is 5.56 Å². The first-order chi connectivity index (χ1) is 14.7. The summed E-state index contributed by atoms with van der Waals surface area (Å²) in [7, 11) is 0. The Labute approximate surface area is 173 Å². The summed E-state index contributed by atoms with van der Waals surface area (Å²) < 4.78 is 1.92. The van der Waals surface area contributed by atoms with Gasteiger partial charge >= 0.3 is 0 Å². The topological polar surface area (TPSA) is 95.2 Å². The molecule has 0 bridgehead atoms.